The normalized spacial score (nSPS) is 18.4. The van der Waals surface area contributed by atoms with Crippen LogP contribution in [0.5, 0.6) is 0 Å². The number of aliphatic carboxylic acids is 1. The van der Waals surface area contributed by atoms with Gasteiger partial charge in [0.2, 0.25) is 11.8 Å². The fourth-order valence-electron chi connectivity index (χ4n) is 2.77. The van der Waals surface area contributed by atoms with E-state index in [4.69, 9.17) is 0 Å². The van der Waals surface area contributed by atoms with E-state index in [0.29, 0.717) is 25.7 Å². The van der Waals surface area contributed by atoms with Crippen molar-refractivity contribution >= 4 is 40.0 Å². The minimum Gasteiger partial charge on any atom is -0.480 e. The Labute approximate surface area is 154 Å². The molecule has 0 aromatic rings. The fourth-order valence-corrected chi connectivity index (χ4v) is 4.93. The van der Waals surface area contributed by atoms with Crippen LogP contribution in [-0.4, -0.2) is 54.4 Å². The first-order valence-electron chi connectivity index (χ1n) is 8.25. The van der Waals surface area contributed by atoms with Crippen molar-refractivity contribution in [1.29, 1.82) is 0 Å². The number of nitrogens with one attached hydrogen (secondary N) is 2. The third-order valence-electron chi connectivity index (χ3n) is 4.05. The number of carboxylic acid groups (broad SMARTS) is 1. The quantitative estimate of drug-likeness (QED) is 0.495. The van der Waals surface area contributed by atoms with E-state index in [9.17, 15) is 27.9 Å². The van der Waals surface area contributed by atoms with E-state index in [2.05, 4.69) is 10.6 Å². The molecule has 0 radical (unpaired) electrons. The summed E-state index contributed by atoms with van der Waals surface area (Å²) in [5, 5.41) is 13.3. The minimum atomic E-state index is -3.65. The summed E-state index contributed by atoms with van der Waals surface area (Å²) in [5.74, 6) is -2.98. The molecule has 0 aliphatic carbocycles. The van der Waals surface area contributed by atoms with Gasteiger partial charge in [0.15, 0.2) is 9.84 Å². The maximum atomic E-state index is 12.5. The summed E-state index contributed by atoms with van der Waals surface area (Å²) in [4.78, 5) is 34.5. The number of hydrogen-bond donors (Lipinski definition) is 3. The van der Waals surface area contributed by atoms with E-state index in [-0.39, 0.29) is 31.2 Å². The molecule has 1 fully saturated rings. The predicted octanol–water partition coefficient (Wildman–Crippen LogP) is 0.640. The SMILES string of the molecule is CCCC(CCC)S(=O)(=O)CC(NC(=O)[C@H]1CCC(=O)N1)C(=O)O.Cl. The molecule has 1 rings (SSSR count). The third kappa shape index (κ3) is 7.19. The highest BCUT2D eigenvalue weighted by Crippen LogP contribution is 2.17. The molecule has 1 aliphatic heterocycles. The van der Waals surface area contributed by atoms with Gasteiger partial charge in [-0.2, -0.15) is 0 Å². The Morgan fingerprint density at radius 2 is 1.84 bits per heavy atom. The van der Waals surface area contributed by atoms with Gasteiger partial charge in [0, 0.05) is 6.42 Å². The summed E-state index contributed by atoms with van der Waals surface area (Å²) in [5.41, 5.74) is 0. The van der Waals surface area contributed by atoms with Crippen LogP contribution >= 0.6 is 12.4 Å². The molecule has 2 amide bonds. The molecular weight excluding hydrogens is 372 g/mol. The minimum absolute atomic E-state index is 0. The van der Waals surface area contributed by atoms with E-state index in [0.717, 1.165) is 0 Å². The number of carboxylic acids is 1. The average molecular weight is 399 g/mol. The maximum absolute atomic E-state index is 12.5. The number of rotatable bonds is 10. The summed E-state index contributed by atoms with van der Waals surface area (Å²) in [6.07, 6.45) is 2.77. The van der Waals surface area contributed by atoms with Gasteiger partial charge >= 0.3 is 5.97 Å². The summed E-state index contributed by atoms with van der Waals surface area (Å²) < 4.78 is 25.0. The lowest BCUT2D eigenvalue weighted by atomic mass is 10.2. The van der Waals surface area contributed by atoms with Gasteiger partial charge in [-0.1, -0.05) is 26.7 Å². The van der Waals surface area contributed by atoms with E-state index < -0.39 is 44.8 Å². The molecule has 10 heteroatoms. The van der Waals surface area contributed by atoms with Crippen molar-refractivity contribution < 1.29 is 27.9 Å². The molecule has 0 aromatic carbocycles. The van der Waals surface area contributed by atoms with Gasteiger partial charge in [0.05, 0.1) is 11.0 Å². The van der Waals surface area contributed by atoms with Gasteiger partial charge in [0.1, 0.15) is 12.1 Å². The summed E-state index contributed by atoms with van der Waals surface area (Å²) in [6, 6.07) is -2.32. The van der Waals surface area contributed by atoms with Crippen LogP contribution in [0.15, 0.2) is 0 Å². The van der Waals surface area contributed by atoms with Crippen LogP contribution in [0.3, 0.4) is 0 Å². The van der Waals surface area contributed by atoms with Gasteiger partial charge in [0.25, 0.3) is 0 Å². The third-order valence-corrected chi connectivity index (χ3v) is 6.34. The van der Waals surface area contributed by atoms with Crippen molar-refractivity contribution in [3.63, 3.8) is 0 Å². The van der Waals surface area contributed by atoms with Crippen LogP contribution in [0.1, 0.15) is 52.4 Å². The van der Waals surface area contributed by atoms with Crippen LogP contribution in [0.4, 0.5) is 0 Å². The molecule has 1 saturated heterocycles. The first-order chi connectivity index (χ1) is 11.2. The van der Waals surface area contributed by atoms with Crippen molar-refractivity contribution in [1.82, 2.24) is 10.6 Å². The number of sulfone groups is 1. The molecule has 25 heavy (non-hydrogen) atoms. The smallest absolute Gasteiger partial charge is 0.327 e. The van der Waals surface area contributed by atoms with Gasteiger partial charge in [-0.25, -0.2) is 13.2 Å². The first-order valence-corrected chi connectivity index (χ1v) is 9.96. The number of carbonyl (C=O) groups excluding carboxylic acids is 2. The molecule has 0 aromatic heterocycles. The van der Waals surface area contributed by atoms with E-state index in [1.165, 1.54) is 0 Å². The average Bonchev–Trinajstić information content (AvgIpc) is 2.92. The summed E-state index contributed by atoms with van der Waals surface area (Å²) in [6.45, 7) is 3.74. The Morgan fingerprint density at radius 1 is 1.28 bits per heavy atom. The second-order valence-corrected chi connectivity index (χ2v) is 8.41. The topological polar surface area (TPSA) is 130 Å². The molecular formula is C15H27ClN2O6S. The van der Waals surface area contributed by atoms with Gasteiger partial charge in [-0.3, -0.25) is 9.59 Å². The summed E-state index contributed by atoms with van der Waals surface area (Å²) in [7, 11) is -3.65. The molecule has 0 saturated carbocycles. The molecule has 8 nitrogen and oxygen atoms in total. The highest BCUT2D eigenvalue weighted by molar-refractivity contribution is 7.92. The van der Waals surface area contributed by atoms with Crippen molar-refractivity contribution in [3.8, 4) is 0 Å². The number of halogens is 1. The van der Waals surface area contributed by atoms with Crippen LogP contribution in [0, 0.1) is 0 Å². The molecule has 3 N–H and O–H groups in total. The standard InChI is InChI=1S/C15H26N2O6S.ClH/c1-3-5-10(6-4-2)24(22,23)9-12(15(20)21)17-14(19)11-7-8-13(18)16-11;/h10-12H,3-9H2,1-2H3,(H,16,18)(H,17,19)(H,20,21);1H/t11-,12?;/m1./s1. The maximum Gasteiger partial charge on any atom is 0.327 e. The second-order valence-electron chi connectivity index (χ2n) is 6.09. The monoisotopic (exact) mass is 398 g/mol. The number of amides is 2. The van der Waals surface area contributed by atoms with E-state index >= 15 is 0 Å². The Kier molecular flexibility index (Phi) is 10.0. The Bertz CT molecular complexity index is 575. The number of carbonyl (C=O) groups is 3. The highest BCUT2D eigenvalue weighted by Gasteiger charge is 2.34. The summed E-state index contributed by atoms with van der Waals surface area (Å²) >= 11 is 0. The largest absolute Gasteiger partial charge is 0.480 e. The van der Waals surface area contributed by atoms with Crippen LogP contribution in [0.2, 0.25) is 0 Å². The van der Waals surface area contributed by atoms with Gasteiger partial charge < -0.3 is 15.7 Å². The van der Waals surface area contributed by atoms with Crippen molar-refractivity contribution in [2.75, 3.05) is 5.75 Å². The van der Waals surface area contributed by atoms with Crippen molar-refractivity contribution in [2.24, 2.45) is 0 Å². The molecule has 2 atom stereocenters. The Morgan fingerprint density at radius 3 is 2.24 bits per heavy atom. The zero-order valence-electron chi connectivity index (χ0n) is 14.5. The lowest BCUT2D eigenvalue weighted by Gasteiger charge is -2.21. The zero-order chi connectivity index (χ0) is 18.3. The van der Waals surface area contributed by atoms with E-state index in [1.54, 1.807) is 0 Å². The van der Waals surface area contributed by atoms with E-state index in [1.807, 2.05) is 13.8 Å². The molecule has 1 heterocycles. The Balaban J connectivity index is 0.00000576. The predicted molar refractivity (Wildman–Crippen MR) is 95.4 cm³/mol. The van der Waals surface area contributed by atoms with Crippen LogP contribution in [-0.2, 0) is 24.2 Å². The molecule has 146 valence electrons. The van der Waals surface area contributed by atoms with Crippen molar-refractivity contribution in [3.05, 3.63) is 0 Å². The second kappa shape index (κ2) is 10.6. The Hall–Kier alpha value is -1.35. The number of hydrogen-bond acceptors (Lipinski definition) is 5. The molecule has 1 aliphatic rings. The van der Waals surface area contributed by atoms with Crippen molar-refractivity contribution in [2.45, 2.75) is 69.7 Å². The molecule has 1 unspecified atom stereocenters. The first kappa shape index (κ1) is 23.6. The van der Waals surface area contributed by atoms with Crippen LogP contribution < -0.4 is 10.6 Å². The zero-order valence-corrected chi connectivity index (χ0v) is 16.1. The van der Waals surface area contributed by atoms with Crippen LogP contribution in [0.25, 0.3) is 0 Å². The lowest BCUT2D eigenvalue weighted by Crippen LogP contribution is -2.52. The van der Waals surface area contributed by atoms with Gasteiger partial charge in [-0.15, -0.1) is 12.4 Å². The lowest BCUT2D eigenvalue weighted by molar-refractivity contribution is -0.141. The highest BCUT2D eigenvalue weighted by atomic mass is 35.5. The van der Waals surface area contributed by atoms with Gasteiger partial charge in [-0.05, 0) is 19.3 Å². The fraction of sp³-hybridized carbons (Fsp3) is 0.800. The molecule has 0 bridgehead atoms. The molecule has 0 spiro atoms.